The average molecular weight is 368 g/mol. The Kier molecular flexibility index (Phi) is 4.70. The van der Waals surface area contributed by atoms with Crippen LogP contribution >= 0.6 is 27.3 Å². The second kappa shape index (κ2) is 6.70. The molecule has 3 heterocycles. The Morgan fingerprint density at radius 3 is 2.76 bits per heavy atom. The first-order chi connectivity index (χ1) is 10.3. The van der Waals surface area contributed by atoms with Crippen molar-refractivity contribution in [2.45, 2.75) is 26.2 Å². The molecule has 0 saturated carbocycles. The highest BCUT2D eigenvalue weighted by Crippen LogP contribution is 2.32. The van der Waals surface area contributed by atoms with Gasteiger partial charge in [-0.2, -0.15) is 15.0 Å². The minimum absolute atomic E-state index is 0.670. The zero-order valence-electron chi connectivity index (χ0n) is 12.0. The molecule has 3 rings (SSSR count). The van der Waals surface area contributed by atoms with Crippen LogP contribution < -0.4 is 10.2 Å². The number of nitrogens with one attached hydrogen (secondary N) is 1. The summed E-state index contributed by atoms with van der Waals surface area (Å²) in [5.41, 5.74) is 0. The predicted octanol–water partition coefficient (Wildman–Crippen LogP) is 3.78. The summed E-state index contributed by atoms with van der Waals surface area (Å²) in [7, 11) is 0. The van der Waals surface area contributed by atoms with E-state index >= 15 is 0 Å². The van der Waals surface area contributed by atoms with Crippen molar-refractivity contribution >= 4 is 39.2 Å². The lowest BCUT2D eigenvalue weighted by molar-refractivity contribution is 0.874. The molecule has 112 valence electrons. The second-order valence-electron chi connectivity index (χ2n) is 5.00. The van der Waals surface area contributed by atoms with Crippen LogP contribution in [0, 0.1) is 0 Å². The van der Waals surface area contributed by atoms with Crippen LogP contribution in [0.4, 0.5) is 11.9 Å². The second-order valence-corrected chi connectivity index (χ2v) is 6.77. The lowest BCUT2D eigenvalue weighted by Crippen LogP contribution is -2.22. The third kappa shape index (κ3) is 3.35. The van der Waals surface area contributed by atoms with Gasteiger partial charge in [-0.05, 0) is 46.6 Å². The predicted molar refractivity (Wildman–Crippen MR) is 91.1 cm³/mol. The summed E-state index contributed by atoms with van der Waals surface area (Å²) in [6.07, 6.45) is 3.46. The monoisotopic (exact) mass is 367 g/mol. The van der Waals surface area contributed by atoms with Crippen LogP contribution in [0.1, 0.15) is 26.2 Å². The third-order valence-electron chi connectivity index (χ3n) is 3.37. The molecule has 0 aliphatic carbocycles. The summed E-state index contributed by atoms with van der Waals surface area (Å²) in [4.78, 5) is 17.1. The maximum absolute atomic E-state index is 4.67. The molecule has 1 aliphatic rings. The van der Waals surface area contributed by atoms with E-state index in [9.17, 15) is 0 Å². The van der Waals surface area contributed by atoms with E-state index in [4.69, 9.17) is 0 Å². The molecule has 5 nitrogen and oxygen atoms in total. The number of hydrogen-bond acceptors (Lipinski definition) is 6. The molecular formula is C14H18BrN5S. The van der Waals surface area contributed by atoms with Crippen molar-refractivity contribution in [3.63, 3.8) is 0 Å². The Labute approximate surface area is 137 Å². The van der Waals surface area contributed by atoms with E-state index in [-0.39, 0.29) is 0 Å². The molecule has 21 heavy (non-hydrogen) atoms. The van der Waals surface area contributed by atoms with Gasteiger partial charge in [0.2, 0.25) is 11.9 Å². The summed E-state index contributed by atoms with van der Waals surface area (Å²) >= 11 is 5.20. The van der Waals surface area contributed by atoms with E-state index in [1.807, 2.05) is 11.4 Å². The molecule has 0 radical (unpaired) electrons. The normalized spacial score (nSPS) is 14.7. The summed E-state index contributed by atoms with van der Waals surface area (Å²) in [6, 6.07) is 2.03. The van der Waals surface area contributed by atoms with E-state index in [0.717, 1.165) is 47.2 Å². The van der Waals surface area contributed by atoms with Gasteiger partial charge in [0.1, 0.15) is 0 Å². The summed E-state index contributed by atoms with van der Waals surface area (Å²) in [6.45, 7) is 5.06. The van der Waals surface area contributed by atoms with Gasteiger partial charge in [-0.15, -0.1) is 11.3 Å². The number of anilines is 2. The first-order valence-corrected chi connectivity index (χ1v) is 8.93. The largest absolute Gasteiger partial charge is 0.354 e. The highest BCUT2D eigenvalue weighted by atomic mass is 79.9. The van der Waals surface area contributed by atoms with Crippen LogP contribution in [-0.2, 0) is 0 Å². The van der Waals surface area contributed by atoms with Crippen molar-refractivity contribution in [2.24, 2.45) is 0 Å². The van der Waals surface area contributed by atoms with E-state index in [1.54, 1.807) is 11.3 Å². The molecule has 2 aromatic rings. The summed E-state index contributed by atoms with van der Waals surface area (Å²) in [5, 5.41) is 5.32. The molecule has 7 heteroatoms. The van der Waals surface area contributed by atoms with Crippen LogP contribution in [0.3, 0.4) is 0 Å². The van der Waals surface area contributed by atoms with Crippen molar-refractivity contribution in [3.05, 3.63) is 15.9 Å². The number of aromatic nitrogens is 3. The number of nitrogens with zero attached hydrogens (tertiary/aromatic N) is 4. The molecule has 1 aliphatic heterocycles. The maximum atomic E-state index is 4.67. The van der Waals surface area contributed by atoms with Crippen molar-refractivity contribution < 1.29 is 0 Å². The Hall–Kier alpha value is -1.21. The van der Waals surface area contributed by atoms with Crippen molar-refractivity contribution in [2.75, 3.05) is 29.9 Å². The fraction of sp³-hybridized carbons (Fsp3) is 0.500. The summed E-state index contributed by atoms with van der Waals surface area (Å²) < 4.78 is 1.03. The highest BCUT2D eigenvalue weighted by Gasteiger charge is 2.19. The number of thiophene rings is 1. The van der Waals surface area contributed by atoms with Gasteiger partial charge in [0.15, 0.2) is 5.82 Å². The Morgan fingerprint density at radius 1 is 1.29 bits per heavy atom. The molecule has 0 atom stereocenters. The van der Waals surface area contributed by atoms with Gasteiger partial charge in [-0.1, -0.05) is 6.92 Å². The fourth-order valence-corrected chi connectivity index (χ4v) is 3.78. The zero-order chi connectivity index (χ0) is 14.7. The van der Waals surface area contributed by atoms with Gasteiger partial charge < -0.3 is 10.2 Å². The van der Waals surface area contributed by atoms with Gasteiger partial charge in [-0.25, -0.2) is 0 Å². The maximum Gasteiger partial charge on any atom is 0.230 e. The summed E-state index contributed by atoms with van der Waals surface area (Å²) in [5.74, 6) is 2.20. The van der Waals surface area contributed by atoms with Crippen molar-refractivity contribution in [1.82, 2.24) is 15.0 Å². The van der Waals surface area contributed by atoms with E-state index in [2.05, 4.69) is 48.0 Å². The molecule has 2 aromatic heterocycles. The Balaban J connectivity index is 1.98. The lowest BCUT2D eigenvalue weighted by atomic mass is 10.4. The SMILES string of the molecule is CCCNc1nc(-c2sccc2Br)nc(N2CCCC2)n1. The van der Waals surface area contributed by atoms with Crippen LogP contribution in [0.2, 0.25) is 0 Å². The number of rotatable bonds is 5. The van der Waals surface area contributed by atoms with E-state index in [1.165, 1.54) is 12.8 Å². The van der Waals surface area contributed by atoms with Crippen LogP contribution in [0.5, 0.6) is 0 Å². The van der Waals surface area contributed by atoms with Crippen LogP contribution in [-0.4, -0.2) is 34.6 Å². The van der Waals surface area contributed by atoms with Gasteiger partial charge in [-0.3, -0.25) is 0 Å². The Morgan fingerprint density at radius 2 is 2.10 bits per heavy atom. The lowest BCUT2D eigenvalue weighted by Gasteiger charge is -2.16. The zero-order valence-corrected chi connectivity index (χ0v) is 14.4. The molecular weight excluding hydrogens is 350 g/mol. The smallest absolute Gasteiger partial charge is 0.230 e. The highest BCUT2D eigenvalue weighted by molar-refractivity contribution is 9.10. The quantitative estimate of drug-likeness (QED) is 0.870. The minimum atomic E-state index is 0.670. The van der Waals surface area contributed by atoms with Crippen LogP contribution in [0.15, 0.2) is 15.9 Å². The number of hydrogen-bond donors (Lipinski definition) is 1. The third-order valence-corrected chi connectivity index (χ3v) is 5.20. The Bertz CT molecular complexity index is 609. The van der Waals surface area contributed by atoms with Crippen LogP contribution in [0.25, 0.3) is 10.7 Å². The number of halogens is 1. The molecule has 0 amide bonds. The first kappa shape index (κ1) is 14.7. The fourth-order valence-electron chi connectivity index (χ4n) is 2.29. The first-order valence-electron chi connectivity index (χ1n) is 7.26. The van der Waals surface area contributed by atoms with E-state index in [0.29, 0.717) is 5.95 Å². The molecule has 0 bridgehead atoms. The topological polar surface area (TPSA) is 53.9 Å². The average Bonchev–Trinajstić information content (AvgIpc) is 3.16. The molecule has 1 saturated heterocycles. The molecule has 0 spiro atoms. The molecule has 1 N–H and O–H groups in total. The van der Waals surface area contributed by atoms with Crippen molar-refractivity contribution in [1.29, 1.82) is 0 Å². The van der Waals surface area contributed by atoms with Gasteiger partial charge in [0, 0.05) is 24.1 Å². The standard InChI is InChI=1S/C14H18BrN5S/c1-2-6-16-13-17-12(11-10(15)5-9-21-11)18-14(19-13)20-7-3-4-8-20/h5,9H,2-4,6-8H2,1H3,(H,16,17,18,19). The van der Waals surface area contributed by atoms with Crippen molar-refractivity contribution in [3.8, 4) is 10.7 Å². The van der Waals surface area contributed by atoms with Gasteiger partial charge >= 0.3 is 0 Å². The molecule has 0 aromatic carbocycles. The minimum Gasteiger partial charge on any atom is -0.354 e. The van der Waals surface area contributed by atoms with Gasteiger partial charge in [0.25, 0.3) is 0 Å². The van der Waals surface area contributed by atoms with Gasteiger partial charge in [0.05, 0.1) is 4.88 Å². The van der Waals surface area contributed by atoms with E-state index < -0.39 is 0 Å². The molecule has 0 unspecified atom stereocenters. The molecule has 1 fully saturated rings.